The number of piperazine rings is 1. The summed E-state index contributed by atoms with van der Waals surface area (Å²) in [5, 5.41) is 13.7. The van der Waals surface area contributed by atoms with Crippen LogP contribution in [0.25, 0.3) is 0 Å². The Labute approximate surface area is 165 Å². The van der Waals surface area contributed by atoms with Crippen LogP contribution in [0.15, 0.2) is 54.6 Å². The molecule has 1 amide bonds. The molecule has 0 aliphatic carbocycles. The Morgan fingerprint density at radius 1 is 1.18 bits per heavy atom. The molecule has 2 aromatic rings. The lowest BCUT2D eigenvalue weighted by Crippen LogP contribution is -2.47. The summed E-state index contributed by atoms with van der Waals surface area (Å²) in [5.74, 6) is -0.276. The number of rotatable bonds is 7. The quantitative estimate of drug-likeness (QED) is 0.453. The fourth-order valence-corrected chi connectivity index (χ4v) is 3.56. The van der Waals surface area contributed by atoms with Gasteiger partial charge in [-0.3, -0.25) is 19.8 Å². The molecule has 0 radical (unpaired) electrons. The third-order valence-electron chi connectivity index (χ3n) is 5.11. The van der Waals surface area contributed by atoms with Crippen molar-refractivity contribution in [1.29, 1.82) is 0 Å². The van der Waals surface area contributed by atoms with E-state index < -0.39 is 4.92 Å². The van der Waals surface area contributed by atoms with Crippen molar-refractivity contribution >= 4 is 11.6 Å². The van der Waals surface area contributed by atoms with E-state index in [9.17, 15) is 14.9 Å². The normalized spacial score (nSPS) is 18.0. The maximum atomic E-state index is 12.2. The Bertz CT molecular complexity index is 812. The van der Waals surface area contributed by atoms with Crippen LogP contribution in [0.4, 0.5) is 5.69 Å². The summed E-state index contributed by atoms with van der Waals surface area (Å²) in [7, 11) is 2.15. The fourth-order valence-electron chi connectivity index (χ4n) is 3.56. The summed E-state index contributed by atoms with van der Waals surface area (Å²) in [4.78, 5) is 27.4. The van der Waals surface area contributed by atoms with E-state index >= 15 is 0 Å². The molecule has 0 spiro atoms. The first-order chi connectivity index (χ1) is 13.5. The molecule has 1 atom stereocenters. The molecule has 148 valence electrons. The highest BCUT2D eigenvalue weighted by Crippen LogP contribution is 2.24. The second-order valence-corrected chi connectivity index (χ2v) is 7.14. The molecule has 7 nitrogen and oxygen atoms in total. The molecule has 0 aromatic heterocycles. The van der Waals surface area contributed by atoms with Crippen molar-refractivity contribution in [2.24, 2.45) is 0 Å². The third kappa shape index (κ3) is 5.15. The molecule has 0 unspecified atom stereocenters. The molecular weight excluding hydrogens is 356 g/mol. The molecule has 1 N–H and O–H groups in total. The number of carbonyl (C=O) groups excluding carboxylic acids is 1. The standard InChI is InChI=1S/C21H26N4O3/c1-23-13-14-24(20(16-23)17-7-3-2-4-8-17)12-6-11-22-21(26)18-9-5-10-19(15-18)25(27)28/h2-5,7-10,15,20H,6,11-14,16H2,1H3,(H,22,26)/t20-/m1/s1. The van der Waals surface area contributed by atoms with E-state index in [1.807, 2.05) is 6.07 Å². The average molecular weight is 382 g/mol. The highest BCUT2D eigenvalue weighted by molar-refractivity contribution is 5.94. The summed E-state index contributed by atoms with van der Waals surface area (Å²) in [6.07, 6.45) is 0.827. The summed E-state index contributed by atoms with van der Waals surface area (Å²) < 4.78 is 0. The smallest absolute Gasteiger partial charge is 0.270 e. The second kappa shape index (κ2) is 9.43. The summed E-state index contributed by atoms with van der Waals surface area (Å²) in [5.41, 5.74) is 1.56. The van der Waals surface area contributed by atoms with Crippen LogP contribution in [-0.4, -0.2) is 60.4 Å². The van der Waals surface area contributed by atoms with Crippen LogP contribution in [0.3, 0.4) is 0 Å². The summed E-state index contributed by atoms with van der Waals surface area (Å²) in [6, 6.07) is 16.7. The van der Waals surface area contributed by atoms with E-state index in [1.165, 1.54) is 23.8 Å². The maximum Gasteiger partial charge on any atom is 0.270 e. The Morgan fingerprint density at radius 2 is 1.96 bits per heavy atom. The number of nitrogens with one attached hydrogen (secondary N) is 1. The molecule has 1 fully saturated rings. The first kappa shape index (κ1) is 20.0. The third-order valence-corrected chi connectivity index (χ3v) is 5.11. The minimum atomic E-state index is -0.492. The molecule has 0 saturated carbocycles. The van der Waals surface area contributed by atoms with E-state index in [1.54, 1.807) is 6.07 Å². The second-order valence-electron chi connectivity index (χ2n) is 7.14. The molecule has 0 bridgehead atoms. The largest absolute Gasteiger partial charge is 0.352 e. The number of carbonyl (C=O) groups is 1. The van der Waals surface area contributed by atoms with Gasteiger partial charge < -0.3 is 10.2 Å². The Morgan fingerprint density at radius 3 is 2.71 bits per heavy atom. The highest BCUT2D eigenvalue weighted by Gasteiger charge is 2.25. The molecule has 1 saturated heterocycles. The first-order valence-electron chi connectivity index (χ1n) is 9.55. The van der Waals surface area contributed by atoms with E-state index in [-0.39, 0.29) is 11.6 Å². The van der Waals surface area contributed by atoms with Crippen LogP contribution in [-0.2, 0) is 0 Å². The predicted octanol–water partition coefficient (Wildman–Crippen LogP) is 2.70. The van der Waals surface area contributed by atoms with Gasteiger partial charge in [-0.15, -0.1) is 0 Å². The van der Waals surface area contributed by atoms with E-state index in [4.69, 9.17) is 0 Å². The average Bonchev–Trinajstić information content (AvgIpc) is 2.72. The van der Waals surface area contributed by atoms with Gasteiger partial charge in [0.1, 0.15) is 0 Å². The van der Waals surface area contributed by atoms with E-state index in [0.29, 0.717) is 18.2 Å². The van der Waals surface area contributed by atoms with Gasteiger partial charge in [0.25, 0.3) is 11.6 Å². The minimum Gasteiger partial charge on any atom is -0.352 e. The lowest BCUT2D eigenvalue weighted by Gasteiger charge is -2.40. The van der Waals surface area contributed by atoms with Crippen molar-refractivity contribution in [3.8, 4) is 0 Å². The van der Waals surface area contributed by atoms with Crippen molar-refractivity contribution < 1.29 is 9.72 Å². The van der Waals surface area contributed by atoms with Crippen molar-refractivity contribution in [2.45, 2.75) is 12.5 Å². The van der Waals surface area contributed by atoms with Crippen LogP contribution < -0.4 is 5.32 Å². The summed E-state index contributed by atoms with van der Waals surface area (Å²) >= 11 is 0. The number of hydrogen-bond acceptors (Lipinski definition) is 5. The van der Waals surface area contributed by atoms with Crippen molar-refractivity contribution in [3.05, 3.63) is 75.8 Å². The van der Waals surface area contributed by atoms with Crippen LogP contribution >= 0.6 is 0 Å². The number of nitrogens with zero attached hydrogens (tertiary/aromatic N) is 3. The van der Waals surface area contributed by atoms with Gasteiger partial charge in [0.2, 0.25) is 0 Å². The Hall–Kier alpha value is -2.77. The van der Waals surface area contributed by atoms with Gasteiger partial charge in [-0.2, -0.15) is 0 Å². The molecule has 3 rings (SSSR count). The van der Waals surface area contributed by atoms with Gasteiger partial charge in [0, 0.05) is 56.5 Å². The number of non-ortho nitro benzene ring substituents is 1. The number of likely N-dealkylation sites (N-methyl/N-ethyl adjacent to an activating group) is 1. The first-order valence-corrected chi connectivity index (χ1v) is 9.55. The van der Waals surface area contributed by atoms with Crippen LogP contribution in [0.1, 0.15) is 28.4 Å². The molecule has 1 heterocycles. The van der Waals surface area contributed by atoms with E-state index in [0.717, 1.165) is 32.6 Å². The molecule has 7 heteroatoms. The van der Waals surface area contributed by atoms with Gasteiger partial charge in [-0.25, -0.2) is 0 Å². The van der Waals surface area contributed by atoms with E-state index in [2.05, 4.69) is 46.4 Å². The number of hydrogen-bond donors (Lipinski definition) is 1. The molecular formula is C21H26N4O3. The molecule has 28 heavy (non-hydrogen) atoms. The van der Waals surface area contributed by atoms with Crippen LogP contribution in [0, 0.1) is 10.1 Å². The van der Waals surface area contributed by atoms with Gasteiger partial charge in [0.05, 0.1) is 4.92 Å². The van der Waals surface area contributed by atoms with Crippen molar-refractivity contribution in [3.63, 3.8) is 0 Å². The lowest BCUT2D eigenvalue weighted by molar-refractivity contribution is -0.384. The summed E-state index contributed by atoms with van der Waals surface area (Å²) in [6.45, 7) is 4.44. The number of benzene rings is 2. The van der Waals surface area contributed by atoms with Gasteiger partial charge in [-0.1, -0.05) is 36.4 Å². The fraction of sp³-hybridized carbons (Fsp3) is 0.381. The SMILES string of the molecule is CN1CCN(CCCNC(=O)c2cccc([N+](=O)[O-])c2)[C@@H](c2ccccc2)C1. The number of amides is 1. The monoisotopic (exact) mass is 382 g/mol. The van der Waals surface area contributed by atoms with Crippen LogP contribution in [0.5, 0.6) is 0 Å². The molecule has 1 aliphatic rings. The van der Waals surface area contributed by atoms with Crippen LogP contribution in [0.2, 0.25) is 0 Å². The number of nitro benzene ring substituents is 1. The predicted molar refractivity (Wildman–Crippen MR) is 108 cm³/mol. The zero-order valence-electron chi connectivity index (χ0n) is 16.1. The van der Waals surface area contributed by atoms with Gasteiger partial charge in [-0.05, 0) is 25.1 Å². The molecule has 1 aliphatic heterocycles. The number of nitro groups is 1. The topological polar surface area (TPSA) is 78.7 Å². The zero-order valence-corrected chi connectivity index (χ0v) is 16.1. The Kier molecular flexibility index (Phi) is 6.73. The maximum absolute atomic E-state index is 12.2. The van der Waals surface area contributed by atoms with Crippen molar-refractivity contribution in [2.75, 3.05) is 39.8 Å². The zero-order chi connectivity index (χ0) is 19.9. The highest BCUT2D eigenvalue weighted by atomic mass is 16.6. The minimum absolute atomic E-state index is 0.0733. The van der Waals surface area contributed by atoms with Crippen molar-refractivity contribution in [1.82, 2.24) is 15.1 Å². The van der Waals surface area contributed by atoms with Gasteiger partial charge in [0.15, 0.2) is 0 Å². The molecule has 2 aromatic carbocycles. The van der Waals surface area contributed by atoms with Gasteiger partial charge >= 0.3 is 0 Å². The lowest BCUT2D eigenvalue weighted by atomic mass is 10.0. The Balaban J connectivity index is 1.51.